The highest BCUT2D eigenvalue weighted by Gasteiger charge is 2.26. The van der Waals surface area contributed by atoms with Gasteiger partial charge < -0.3 is 10.2 Å². The van der Waals surface area contributed by atoms with Crippen molar-refractivity contribution >= 4 is 10.2 Å². The quantitative estimate of drug-likeness (QED) is 0.537. The fourth-order valence-electron chi connectivity index (χ4n) is 1.94. The summed E-state index contributed by atoms with van der Waals surface area (Å²) in [5, 5.41) is 3.21. The molecule has 0 aliphatic carbocycles. The molecule has 0 aromatic heterocycles. The van der Waals surface area contributed by atoms with Gasteiger partial charge in [0.05, 0.1) is 0 Å². The molecule has 6 nitrogen and oxygen atoms in total. The van der Waals surface area contributed by atoms with Gasteiger partial charge in [0.2, 0.25) is 0 Å². The average Bonchev–Trinajstić information content (AvgIpc) is 2.38. The van der Waals surface area contributed by atoms with E-state index >= 15 is 0 Å². The Morgan fingerprint density at radius 3 is 2.14 bits per heavy atom. The molecule has 128 valence electrons. The van der Waals surface area contributed by atoms with E-state index in [2.05, 4.69) is 5.32 Å². The number of hydrogen-bond acceptors (Lipinski definition) is 4. The van der Waals surface area contributed by atoms with Crippen molar-refractivity contribution in [1.82, 2.24) is 18.8 Å². The molecule has 21 heavy (non-hydrogen) atoms. The topological polar surface area (TPSA) is 55.9 Å². The molecule has 0 bridgehead atoms. The van der Waals surface area contributed by atoms with Crippen molar-refractivity contribution < 1.29 is 8.42 Å². The van der Waals surface area contributed by atoms with Crippen molar-refractivity contribution in [3.63, 3.8) is 0 Å². The van der Waals surface area contributed by atoms with E-state index in [-0.39, 0.29) is 0 Å². The van der Waals surface area contributed by atoms with E-state index in [1.165, 1.54) is 4.31 Å². The van der Waals surface area contributed by atoms with E-state index in [4.69, 9.17) is 0 Å². The van der Waals surface area contributed by atoms with Crippen LogP contribution in [0, 0.1) is 5.92 Å². The normalized spacial score (nSPS) is 13.0. The van der Waals surface area contributed by atoms with Gasteiger partial charge in [0.1, 0.15) is 0 Å². The maximum absolute atomic E-state index is 12.7. The minimum atomic E-state index is -3.37. The molecular weight excluding hydrogens is 288 g/mol. The van der Waals surface area contributed by atoms with Crippen molar-refractivity contribution in [2.75, 3.05) is 60.4 Å². The standard InChI is InChI=1S/C14H34N4O2S/c1-7-15-9-8-10-17(6)21(19,20)18(13-14(2)3)12-11-16(4)5/h14-15H,7-13H2,1-6H3. The molecule has 0 saturated carbocycles. The molecule has 0 spiro atoms. The van der Waals surface area contributed by atoms with E-state index in [0.717, 1.165) is 26.1 Å². The molecule has 0 aromatic rings. The van der Waals surface area contributed by atoms with Gasteiger partial charge >= 0.3 is 0 Å². The van der Waals surface area contributed by atoms with Crippen molar-refractivity contribution in [2.45, 2.75) is 27.2 Å². The molecule has 0 atom stereocenters. The smallest absolute Gasteiger partial charge is 0.281 e. The number of likely N-dealkylation sites (N-methyl/N-ethyl adjacent to an activating group) is 1. The fourth-order valence-corrected chi connectivity index (χ4v) is 3.49. The molecule has 0 aromatic carbocycles. The minimum absolute atomic E-state index is 0.317. The van der Waals surface area contributed by atoms with Gasteiger partial charge in [-0.05, 0) is 39.5 Å². The first-order chi connectivity index (χ1) is 9.71. The van der Waals surface area contributed by atoms with Gasteiger partial charge in [-0.2, -0.15) is 17.0 Å². The third-order valence-electron chi connectivity index (χ3n) is 3.16. The van der Waals surface area contributed by atoms with E-state index in [1.807, 2.05) is 39.8 Å². The Kier molecular flexibility index (Phi) is 10.4. The summed E-state index contributed by atoms with van der Waals surface area (Å²) in [6.45, 7) is 10.3. The third kappa shape index (κ3) is 8.73. The van der Waals surface area contributed by atoms with Crippen LogP contribution in [0.25, 0.3) is 0 Å². The average molecular weight is 323 g/mol. The van der Waals surface area contributed by atoms with Crippen molar-refractivity contribution in [2.24, 2.45) is 5.92 Å². The highest BCUT2D eigenvalue weighted by molar-refractivity contribution is 7.86. The van der Waals surface area contributed by atoms with Crippen LogP contribution in [-0.2, 0) is 10.2 Å². The molecule has 0 heterocycles. The van der Waals surface area contributed by atoms with Crippen LogP contribution in [-0.4, -0.2) is 82.3 Å². The zero-order valence-corrected chi connectivity index (χ0v) is 15.4. The first-order valence-electron chi connectivity index (χ1n) is 7.78. The monoisotopic (exact) mass is 322 g/mol. The molecule has 0 aliphatic heterocycles. The predicted molar refractivity (Wildman–Crippen MR) is 89.7 cm³/mol. The summed E-state index contributed by atoms with van der Waals surface area (Å²) in [6, 6.07) is 0. The number of nitrogens with one attached hydrogen (secondary N) is 1. The molecular formula is C14H34N4O2S. The minimum Gasteiger partial charge on any atom is -0.317 e. The summed E-state index contributed by atoms with van der Waals surface area (Å²) in [4.78, 5) is 2.01. The Labute approximate surface area is 131 Å². The zero-order valence-electron chi connectivity index (χ0n) is 14.6. The van der Waals surface area contributed by atoms with Crippen LogP contribution in [0.2, 0.25) is 0 Å². The molecule has 0 saturated heterocycles. The van der Waals surface area contributed by atoms with Crippen molar-refractivity contribution in [3.05, 3.63) is 0 Å². The second-order valence-corrected chi connectivity index (χ2v) is 8.13. The lowest BCUT2D eigenvalue weighted by molar-refractivity contribution is 0.293. The van der Waals surface area contributed by atoms with Gasteiger partial charge in [0.25, 0.3) is 10.2 Å². The first kappa shape index (κ1) is 20.8. The predicted octanol–water partition coefficient (Wildman–Crippen LogP) is 0.682. The van der Waals surface area contributed by atoms with Crippen molar-refractivity contribution in [3.8, 4) is 0 Å². The molecule has 1 N–H and O–H groups in total. The molecule has 0 fully saturated rings. The summed E-state index contributed by atoms with van der Waals surface area (Å²) in [5.41, 5.74) is 0. The lowest BCUT2D eigenvalue weighted by Gasteiger charge is -2.29. The molecule has 0 radical (unpaired) electrons. The third-order valence-corrected chi connectivity index (χ3v) is 5.12. The van der Waals surface area contributed by atoms with Crippen LogP contribution in [0.3, 0.4) is 0 Å². The van der Waals surface area contributed by atoms with Crippen LogP contribution < -0.4 is 5.32 Å². The number of hydrogen-bond donors (Lipinski definition) is 1. The highest BCUT2D eigenvalue weighted by atomic mass is 32.2. The Morgan fingerprint density at radius 1 is 1.05 bits per heavy atom. The lowest BCUT2D eigenvalue weighted by atomic mass is 10.2. The summed E-state index contributed by atoms with van der Waals surface area (Å²) in [7, 11) is 2.22. The van der Waals surface area contributed by atoms with Crippen molar-refractivity contribution in [1.29, 1.82) is 0 Å². The van der Waals surface area contributed by atoms with Crippen LogP contribution in [0.1, 0.15) is 27.2 Å². The number of rotatable bonds is 12. The Morgan fingerprint density at radius 2 is 1.67 bits per heavy atom. The second-order valence-electron chi connectivity index (χ2n) is 6.09. The maximum atomic E-state index is 12.7. The van der Waals surface area contributed by atoms with Gasteiger partial charge in [-0.25, -0.2) is 0 Å². The molecule has 0 amide bonds. The Bertz CT molecular complexity index is 358. The molecule has 0 aliphatic rings. The molecule has 0 rings (SSSR count). The SMILES string of the molecule is CCNCCCN(C)S(=O)(=O)N(CCN(C)C)CC(C)C. The van der Waals surface area contributed by atoms with Crippen LogP contribution in [0.5, 0.6) is 0 Å². The summed E-state index contributed by atoms with van der Waals surface area (Å²) in [5.74, 6) is 0.317. The van der Waals surface area contributed by atoms with Crippen LogP contribution >= 0.6 is 0 Å². The molecule has 7 heteroatoms. The zero-order chi connectivity index (χ0) is 16.5. The van der Waals surface area contributed by atoms with Gasteiger partial charge in [-0.1, -0.05) is 20.8 Å². The summed E-state index contributed by atoms with van der Waals surface area (Å²) < 4.78 is 28.4. The van der Waals surface area contributed by atoms with Gasteiger partial charge in [0.15, 0.2) is 0 Å². The van der Waals surface area contributed by atoms with Gasteiger partial charge in [-0.3, -0.25) is 0 Å². The first-order valence-corrected chi connectivity index (χ1v) is 9.18. The van der Waals surface area contributed by atoms with E-state index < -0.39 is 10.2 Å². The number of nitrogens with zero attached hydrogens (tertiary/aromatic N) is 3. The van der Waals surface area contributed by atoms with E-state index in [9.17, 15) is 8.42 Å². The maximum Gasteiger partial charge on any atom is 0.281 e. The van der Waals surface area contributed by atoms with Gasteiger partial charge in [0, 0.05) is 33.2 Å². The van der Waals surface area contributed by atoms with Crippen LogP contribution in [0.15, 0.2) is 0 Å². The van der Waals surface area contributed by atoms with E-state index in [0.29, 0.717) is 25.6 Å². The second kappa shape index (κ2) is 10.5. The largest absolute Gasteiger partial charge is 0.317 e. The highest BCUT2D eigenvalue weighted by Crippen LogP contribution is 2.10. The van der Waals surface area contributed by atoms with Crippen LogP contribution in [0.4, 0.5) is 0 Å². The Balaban J connectivity index is 4.65. The summed E-state index contributed by atoms with van der Waals surface area (Å²) in [6.07, 6.45) is 0.826. The lowest BCUT2D eigenvalue weighted by Crippen LogP contribution is -2.46. The van der Waals surface area contributed by atoms with Gasteiger partial charge in [-0.15, -0.1) is 0 Å². The fraction of sp³-hybridized carbons (Fsp3) is 1.00. The summed E-state index contributed by atoms with van der Waals surface area (Å²) >= 11 is 0. The Hall–Kier alpha value is -0.210. The van der Waals surface area contributed by atoms with E-state index in [1.54, 1.807) is 11.4 Å². The molecule has 0 unspecified atom stereocenters.